The normalized spacial score (nSPS) is 20.4. The SMILES string of the molecule is CC/C=C\C/C=C\C/C=C\C/C=C\CCCCCOCC(COC1OC(CO)C(O)C(OS(=O)(=O)O)C1O)OC(=O)CCCCCCCCCCC/C=C\C/C=C\CCCCCCC. The number of ether oxygens (including phenoxy) is 4. The summed E-state index contributed by atoms with van der Waals surface area (Å²) in [5.74, 6) is -0.417. The van der Waals surface area contributed by atoms with Crippen LogP contribution in [0.2, 0.25) is 0 Å². The number of aliphatic hydroxyl groups excluding tert-OH is 3. The molecule has 6 atom stereocenters. The van der Waals surface area contributed by atoms with Gasteiger partial charge in [0.1, 0.15) is 30.5 Å². The first-order valence-corrected chi connectivity index (χ1v) is 26.1. The van der Waals surface area contributed by atoms with Crippen LogP contribution in [0.25, 0.3) is 0 Å². The second-order valence-corrected chi connectivity index (χ2v) is 17.7. The lowest BCUT2D eigenvalue weighted by atomic mass is 9.99. The van der Waals surface area contributed by atoms with E-state index >= 15 is 0 Å². The zero-order valence-corrected chi connectivity index (χ0v) is 40.4. The first-order valence-electron chi connectivity index (χ1n) is 24.7. The number of esters is 1. The molecule has 13 heteroatoms. The summed E-state index contributed by atoms with van der Waals surface area (Å²) in [5, 5.41) is 30.7. The molecule has 0 aromatic heterocycles. The predicted molar refractivity (Wildman–Crippen MR) is 257 cm³/mol. The Morgan fingerprint density at radius 1 is 0.609 bits per heavy atom. The van der Waals surface area contributed by atoms with Gasteiger partial charge in [-0.15, -0.1) is 0 Å². The third-order valence-corrected chi connectivity index (χ3v) is 11.3. The van der Waals surface area contributed by atoms with Crippen molar-refractivity contribution in [2.45, 2.75) is 218 Å². The summed E-state index contributed by atoms with van der Waals surface area (Å²) in [6.45, 7) is 3.78. The maximum atomic E-state index is 12.9. The van der Waals surface area contributed by atoms with Gasteiger partial charge >= 0.3 is 16.4 Å². The number of aliphatic hydroxyl groups is 3. The van der Waals surface area contributed by atoms with Crippen molar-refractivity contribution in [2.24, 2.45) is 0 Å². The van der Waals surface area contributed by atoms with Crippen LogP contribution in [0.5, 0.6) is 0 Å². The highest BCUT2D eigenvalue weighted by Crippen LogP contribution is 2.26. The van der Waals surface area contributed by atoms with E-state index < -0.39 is 59.8 Å². The Balaban J connectivity index is 2.41. The maximum Gasteiger partial charge on any atom is 0.397 e. The molecule has 12 nitrogen and oxygen atoms in total. The van der Waals surface area contributed by atoms with E-state index in [4.69, 9.17) is 18.9 Å². The summed E-state index contributed by atoms with van der Waals surface area (Å²) in [6.07, 6.45) is 45.0. The van der Waals surface area contributed by atoms with Crippen molar-refractivity contribution in [3.05, 3.63) is 72.9 Å². The van der Waals surface area contributed by atoms with Crippen molar-refractivity contribution < 1.29 is 56.2 Å². The lowest BCUT2D eigenvalue weighted by molar-refractivity contribution is -0.301. The maximum absolute atomic E-state index is 12.9. The minimum atomic E-state index is -5.07. The lowest BCUT2D eigenvalue weighted by Crippen LogP contribution is -2.60. The molecule has 1 aliphatic heterocycles. The minimum Gasteiger partial charge on any atom is -0.457 e. The van der Waals surface area contributed by atoms with E-state index in [9.17, 15) is 33.1 Å². The van der Waals surface area contributed by atoms with Crippen LogP contribution >= 0.6 is 0 Å². The number of carbonyl (C=O) groups excluding carboxylic acids is 1. The first kappa shape index (κ1) is 59.6. The van der Waals surface area contributed by atoms with Crippen molar-refractivity contribution in [1.29, 1.82) is 0 Å². The van der Waals surface area contributed by atoms with Gasteiger partial charge in [-0.3, -0.25) is 9.35 Å². The summed E-state index contributed by atoms with van der Waals surface area (Å²) in [6, 6.07) is 0. The van der Waals surface area contributed by atoms with Crippen LogP contribution in [-0.4, -0.2) is 97.5 Å². The second-order valence-electron chi connectivity index (χ2n) is 16.7. The Bertz CT molecular complexity index is 1390. The molecule has 4 N–H and O–H groups in total. The highest BCUT2D eigenvalue weighted by atomic mass is 32.3. The van der Waals surface area contributed by atoms with E-state index in [-0.39, 0.29) is 19.6 Å². The highest BCUT2D eigenvalue weighted by Gasteiger charge is 2.48. The van der Waals surface area contributed by atoms with Gasteiger partial charge in [0.25, 0.3) is 0 Å². The summed E-state index contributed by atoms with van der Waals surface area (Å²) < 4.78 is 59.1. The lowest BCUT2D eigenvalue weighted by Gasteiger charge is -2.41. The van der Waals surface area contributed by atoms with Crippen LogP contribution in [0.15, 0.2) is 72.9 Å². The number of hydrogen-bond acceptors (Lipinski definition) is 11. The number of unbranched alkanes of at least 4 members (excludes halogenated alkanes) is 17. The van der Waals surface area contributed by atoms with E-state index in [1.807, 2.05) is 0 Å². The Kier molecular flexibility index (Phi) is 39.0. The van der Waals surface area contributed by atoms with Gasteiger partial charge < -0.3 is 34.3 Å². The van der Waals surface area contributed by atoms with Crippen LogP contribution in [0.4, 0.5) is 0 Å². The summed E-state index contributed by atoms with van der Waals surface area (Å²) >= 11 is 0. The van der Waals surface area contributed by atoms with E-state index in [0.29, 0.717) is 13.0 Å². The first-order chi connectivity index (χ1) is 31.1. The van der Waals surface area contributed by atoms with Crippen LogP contribution in [0.3, 0.4) is 0 Å². The van der Waals surface area contributed by atoms with Crippen molar-refractivity contribution in [1.82, 2.24) is 0 Å². The van der Waals surface area contributed by atoms with Crippen molar-refractivity contribution >= 4 is 16.4 Å². The van der Waals surface area contributed by atoms with E-state index in [1.165, 1.54) is 70.6 Å². The molecule has 64 heavy (non-hydrogen) atoms. The van der Waals surface area contributed by atoms with Gasteiger partial charge in [-0.05, 0) is 83.5 Å². The number of rotatable bonds is 42. The van der Waals surface area contributed by atoms with E-state index in [0.717, 1.165) is 83.5 Å². The molecule has 0 saturated carbocycles. The number of allylic oxidation sites excluding steroid dienone is 12. The second kappa shape index (κ2) is 41.9. The molecule has 1 aliphatic rings. The smallest absolute Gasteiger partial charge is 0.397 e. The molecule has 0 bridgehead atoms. The largest absolute Gasteiger partial charge is 0.457 e. The molecule has 0 aliphatic carbocycles. The number of carbonyl (C=O) groups is 1. The Morgan fingerprint density at radius 2 is 1.08 bits per heavy atom. The van der Waals surface area contributed by atoms with Crippen molar-refractivity contribution in [3.63, 3.8) is 0 Å². The average molecular weight is 925 g/mol. The van der Waals surface area contributed by atoms with Gasteiger partial charge in [-0.25, -0.2) is 4.18 Å². The average Bonchev–Trinajstić information content (AvgIpc) is 3.27. The molecule has 0 amide bonds. The van der Waals surface area contributed by atoms with Gasteiger partial charge in [-0.2, -0.15) is 8.42 Å². The van der Waals surface area contributed by atoms with Crippen molar-refractivity contribution in [2.75, 3.05) is 26.4 Å². The monoisotopic (exact) mass is 925 g/mol. The Morgan fingerprint density at radius 3 is 1.58 bits per heavy atom. The third-order valence-electron chi connectivity index (χ3n) is 10.8. The molecule has 1 heterocycles. The third kappa shape index (κ3) is 34.8. The molecule has 0 spiro atoms. The fraction of sp³-hybridized carbons (Fsp3) is 0.745. The number of hydrogen-bond donors (Lipinski definition) is 4. The molecule has 1 rings (SSSR count). The molecule has 1 fully saturated rings. The van der Waals surface area contributed by atoms with Gasteiger partial charge in [0.15, 0.2) is 6.29 Å². The molecular formula is C51H88O12S. The van der Waals surface area contributed by atoms with Crippen molar-refractivity contribution in [3.8, 4) is 0 Å². The molecule has 0 aromatic carbocycles. The Hall–Kier alpha value is -2.46. The van der Waals surface area contributed by atoms with Gasteiger partial charge in [-0.1, -0.05) is 164 Å². The highest BCUT2D eigenvalue weighted by molar-refractivity contribution is 7.80. The van der Waals surface area contributed by atoms with Gasteiger partial charge in [0.05, 0.1) is 19.8 Å². The topological polar surface area (TPSA) is 178 Å². The fourth-order valence-corrected chi connectivity index (χ4v) is 7.61. The standard InChI is InChI=1S/C51H88O12S/c1-3-5-7-9-11-13-15-17-19-21-22-23-24-25-26-28-30-32-34-36-38-40-47(53)61-45(44-60-51-49(55)50(63-64(56,57)58)48(54)46(42-52)62-51)43-59-41-39-37-35-33-31-29-27-20-18-16-14-12-10-8-6-4-2/h6,8,12,14-15,17-18,20-22,29,31,45-46,48-52,54-55H,3-5,7,9-11,13,16,19,23-28,30,32-44H2,1-2H3,(H,56,57,58)/b8-6-,14-12-,17-15-,20-18-,22-21-,31-29-. The molecule has 1 saturated heterocycles. The Labute approximate surface area is 388 Å². The molecule has 6 unspecified atom stereocenters. The quantitative estimate of drug-likeness (QED) is 0.0197. The predicted octanol–water partition coefficient (Wildman–Crippen LogP) is 11.1. The van der Waals surface area contributed by atoms with Crippen LogP contribution in [0.1, 0.15) is 181 Å². The molecule has 0 radical (unpaired) electrons. The van der Waals surface area contributed by atoms with E-state index in [1.54, 1.807) is 0 Å². The van der Waals surface area contributed by atoms with Gasteiger partial charge in [0, 0.05) is 13.0 Å². The van der Waals surface area contributed by atoms with E-state index in [2.05, 4.69) is 90.9 Å². The zero-order valence-electron chi connectivity index (χ0n) is 39.6. The van der Waals surface area contributed by atoms with Gasteiger partial charge in [0.2, 0.25) is 0 Å². The minimum absolute atomic E-state index is 0.00929. The molecule has 0 aromatic rings. The van der Waals surface area contributed by atoms with Crippen LogP contribution < -0.4 is 0 Å². The summed E-state index contributed by atoms with van der Waals surface area (Å²) in [5.41, 5.74) is 0. The summed E-state index contributed by atoms with van der Waals surface area (Å²) in [4.78, 5) is 12.9. The molecule has 370 valence electrons. The zero-order chi connectivity index (χ0) is 46.8. The fourth-order valence-electron chi connectivity index (χ4n) is 7.10. The van der Waals surface area contributed by atoms with Crippen LogP contribution in [0, 0.1) is 0 Å². The summed E-state index contributed by atoms with van der Waals surface area (Å²) in [7, 11) is -5.07. The van der Waals surface area contributed by atoms with Crippen LogP contribution in [-0.2, 0) is 38.3 Å². The molecular weight excluding hydrogens is 837 g/mol.